The normalized spacial score (nSPS) is 10.1. The van der Waals surface area contributed by atoms with Crippen LogP contribution in [0.1, 0.15) is 11.1 Å². The van der Waals surface area contributed by atoms with Crippen LogP contribution in [0.2, 0.25) is 0 Å². The minimum Gasteiger partial charge on any atom is -0.265 e. The molecule has 0 radical (unpaired) electrons. The Bertz CT molecular complexity index is 412. The van der Waals surface area contributed by atoms with Crippen molar-refractivity contribution >= 4 is 22.6 Å². The summed E-state index contributed by atoms with van der Waals surface area (Å²) >= 11 is 2.34. The van der Waals surface area contributed by atoms with Crippen LogP contribution in [0.3, 0.4) is 0 Å². The standard InChI is InChI=1S/C12H10IN/c13-12-3-1-2-11(9-12)8-10-4-6-14-7-5-10/h1-7,9H,8H2. The van der Waals surface area contributed by atoms with E-state index in [2.05, 4.69) is 64.0 Å². The van der Waals surface area contributed by atoms with E-state index in [0.717, 1.165) is 6.42 Å². The Morgan fingerprint density at radius 3 is 2.50 bits per heavy atom. The predicted octanol–water partition coefficient (Wildman–Crippen LogP) is 3.28. The summed E-state index contributed by atoms with van der Waals surface area (Å²) in [5, 5.41) is 0. The first-order valence-electron chi connectivity index (χ1n) is 4.48. The summed E-state index contributed by atoms with van der Waals surface area (Å²) < 4.78 is 1.29. The third-order valence-electron chi connectivity index (χ3n) is 2.05. The van der Waals surface area contributed by atoms with Crippen LogP contribution in [0.4, 0.5) is 0 Å². The Morgan fingerprint density at radius 2 is 1.79 bits per heavy atom. The zero-order valence-corrected chi connectivity index (χ0v) is 9.81. The van der Waals surface area contributed by atoms with Crippen molar-refractivity contribution in [1.82, 2.24) is 4.98 Å². The van der Waals surface area contributed by atoms with Gasteiger partial charge < -0.3 is 0 Å². The molecular formula is C12H10IN. The molecule has 0 spiro atoms. The molecule has 0 saturated carbocycles. The lowest BCUT2D eigenvalue weighted by atomic mass is 10.1. The first kappa shape index (κ1) is 9.65. The average molecular weight is 295 g/mol. The van der Waals surface area contributed by atoms with Gasteiger partial charge in [-0.1, -0.05) is 12.1 Å². The zero-order chi connectivity index (χ0) is 9.80. The molecule has 0 aliphatic heterocycles. The number of benzene rings is 1. The number of rotatable bonds is 2. The SMILES string of the molecule is Ic1cccc(Cc2ccncc2)c1. The van der Waals surface area contributed by atoms with Gasteiger partial charge in [-0.3, -0.25) is 4.98 Å². The summed E-state index contributed by atoms with van der Waals surface area (Å²) in [6.07, 6.45) is 4.66. The second-order valence-corrected chi connectivity index (χ2v) is 4.41. The van der Waals surface area contributed by atoms with Crippen LogP contribution in [0, 0.1) is 3.57 Å². The Hall–Kier alpha value is -0.900. The lowest BCUT2D eigenvalue weighted by molar-refractivity contribution is 1.16. The molecule has 0 amide bonds. The van der Waals surface area contributed by atoms with E-state index >= 15 is 0 Å². The summed E-state index contributed by atoms with van der Waals surface area (Å²) in [6.45, 7) is 0. The molecule has 1 nitrogen and oxygen atoms in total. The van der Waals surface area contributed by atoms with Crippen LogP contribution < -0.4 is 0 Å². The molecule has 0 unspecified atom stereocenters. The first-order valence-corrected chi connectivity index (χ1v) is 5.56. The van der Waals surface area contributed by atoms with Gasteiger partial charge in [-0.05, 0) is 64.4 Å². The summed E-state index contributed by atoms with van der Waals surface area (Å²) in [7, 11) is 0. The van der Waals surface area contributed by atoms with E-state index in [1.807, 2.05) is 12.4 Å². The molecule has 0 saturated heterocycles. The lowest BCUT2D eigenvalue weighted by Crippen LogP contribution is -1.88. The highest BCUT2D eigenvalue weighted by atomic mass is 127. The van der Waals surface area contributed by atoms with Crippen LogP contribution in [-0.2, 0) is 6.42 Å². The van der Waals surface area contributed by atoms with Gasteiger partial charge in [-0.25, -0.2) is 0 Å². The van der Waals surface area contributed by atoms with Crippen molar-refractivity contribution in [3.8, 4) is 0 Å². The Kier molecular flexibility index (Phi) is 3.14. The van der Waals surface area contributed by atoms with Gasteiger partial charge >= 0.3 is 0 Å². The second-order valence-electron chi connectivity index (χ2n) is 3.16. The molecule has 1 heterocycles. The maximum absolute atomic E-state index is 4.00. The minimum absolute atomic E-state index is 0.985. The number of hydrogen-bond acceptors (Lipinski definition) is 1. The largest absolute Gasteiger partial charge is 0.265 e. The van der Waals surface area contributed by atoms with Crippen molar-refractivity contribution in [1.29, 1.82) is 0 Å². The van der Waals surface area contributed by atoms with Crippen molar-refractivity contribution in [3.05, 3.63) is 63.5 Å². The van der Waals surface area contributed by atoms with Crippen molar-refractivity contribution in [2.75, 3.05) is 0 Å². The average Bonchev–Trinajstić information content (AvgIpc) is 2.19. The van der Waals surface area contributed by atoms with Crippen molar-refractivity contribution in [2.24, 2.45) is 0 Å². The predicted molar refractivity (Wildman–Crippen MR) is 66.2 cm³/mol. The first-order chi connectivity index (χ1) is 6.84. The van der Waals surface area contributed by atoms with Crippen molar-refractivity contribution in [3.63, 3.8) is 0 Å². The molecule has 1 aromatic heterocycles. The number of nitrogens with zero attached hydrogens (tertiary/aromatic N) is 1. The fourth-order valence-corrected chi connectivity index (χ4v) is 1.99. The van der Waals surface area contributed by atoms with E-state index in [1.165, 1.54) is 14.7 Å². The number of aromatic nitrogens is 1. The fraction of sp³-hybridized carbons (Fsp3) is 0.0833. The lowest BCUT2D eigenvalue weighted by Gasteiger charge is -2.01. The zero-order valence-electron chi connectivity index (χ0n) is 7.65. The highest BCUT2D eigenvalue weighted by Crippen LogP contribution is 2.11. The van der Waals surface area contributed by atoms with Crippen LogP contribution >= 0.6 is 22.6 Å². The summed E-state index contributed by atoms with van der Waals surface area (Å²) in [6, 6.07) is 12.7. The molecule has 14 heavy (non-hydrogen) atoms. The van der Waals surface area contributed by atoms with Crippen LogP contribution in [0.25, 0.3) is 0 Å². The van der Waals surface area contributed by atoms with Gasteiger partial charge in [0.1, 0.15) is 0 Å². The molecule has 0 atom stereocenters. The molecule has 0 aliphatic rings. The monoisotopic (exact) mass is 295 g/mol. The van der Waals surface area contributed by atoms with Crippen LogP contribution in [0.5, 0.6) is 0 Å². The van der Waals surface area contributed by atoms with E-state index < -0.39 is 0 Å². The Labute approximate surface area is 97.3 Å². The molecule has 2 aromatic rings. The van der Waals surface area contributed by atoms with Gasteiger partial charge in [0.15, 0.2) is 0 Å². The van der Waals surface area contributed by atoms with E-state index in [-0.39, 0.29) is 0 Å². The van der Waals surface area contributed by atoms with Crippen LogP contribution in [-0.4, -0.2) is 4.98 Å². The highest BCUT2D eigenvalue weighted by molar-refractivity contribution is 14.1. The maximum Gasteiger partial charge on any atom is 0.0270 e. The van der Waals surface area contributed by atoms with Gasteiger partial charge in [-0.15, -0.1) is 0 Å². The topological polar surface area (TPSA) is 12.9 Å². The summed E-state index contributed by atoms with van der Waals surface area (Å²) in [5.41, 5.74) is 2.66. The van der Waals surface area contributed by atoms with Gasteiger partial charge in [0.25, 0.3) is 0 Å². The molecule has 0 bridgehead atoms. The molecule has 70 valence electrons. The summed E-state index contributed by atoms with van der Waals surface area (Å²) in [4.78, 5) is 4.00. The van der Waals surface area contributed by atoms with Gasteiger partial charge in [0.2, 0.25) is 0 Å². The highest BCUT2D eigenvalue weighted by Gasteiger charge is 1.95. The molecule has 2 heteroatoms. The molecular weight excluding hydrogens is 285 g/mol. The quantitative estimate of drug-likeness (QED) is 0.775. The smallest absolute Gasteiger partial charge is 0.0270 e. The molecule has 1 aromatic carbocycles. The number of hydrogen-bond donors (Lipinski definition) is 0. The van der Waals surface area contributed by atoms with Gasteiger partial charge in [0.05, 0.1) is 0 Å². The van der Waals surface area contributed by atoms with E-state index in [4.69, 9.17) is 0 Å². The number of pyridine rings is 1. The maximum atomic E-state index is 4.00. The molecule has 0 N–H and O–H groups in total. The van der Waals surface area contributed by atoms with E-state index in [1.54, 1.807) is 0 Å². The Morgan fingerprint density at radius 1 is 1.00 bits per heavy atom. The number of halogens is 1. The molecule has 0 fully saturated rings. The van der Waals surface area contributed by atoms with E-state index in [0.29, 0.717) is 0 Å². The summed E-state index contributed by atoms with van der Waals surface area (Å²) in [5.74, 6) is 0. The third-order valence-corrected chi connectivity index (χ3v) is 2.72. The third kappa shape index (κ3) is 2.54. The van der Waals surface area contributed by atoms with Crippen molar-refractivity contribution < 1.29 is 0 Å². The van der Waals surface area contributed by atoms with Gasteiger partial charge in [-0.2, -0.15) is 0 Å². The van der Waals surface area contributed by atoms with Crippen molar-refractivity contribution in [2.45, 2.75) is 6.42 Å². The van der Waals surface area contributed by atoms with Crippen LogP contribution in [0.15, 0.2) is 48.8 Å². The second kappa shape index (κ2) is 4.55. The van der Waals surface area contributed by atoms with Gasteiger partial charge in [0, 0.05) is 16.0 Å². The molecule has 2 rings (SSSR count). The minimum atomic E-state index is 0.985. The van der Waals surface area contributed by atoms with E-state index in [9.17, 15) is 0 Å². The fourth-order valence-electron chi connectivity index (χ4n) is 1.38. The Balaban J connectivity index is 2.19. The molecule has 0 aliphatic carbocycles.